The van der Waals surface area contributed by atoms with Gasteiger partial charge in [-0.05, 0) is 38.0 Å². The number of hydrogen-bond acceptors (Lipinski definition) is 4. The van der Waals surface area contributed by atoms with Gasteiger partial charge in [-0.3, -0.25) is 0 Å². The summed E-state index contributed by atoms with van der Waals surface area (Å²) in [6, 6.07) is 7.99. The first kappa shape index (κ1) is 23.9. The molecule has 0 amide bonds. The zero-order valence-corrected chi connectivity index (χ0v) is 17.9. The molecule has 7 heteroatoms. The van der Waals surface area contributed by atoms with Gasteiger partial charge in [0.25, 0.3) is 0 Å². The van der Waals surface area contributed by atoms with Gasteiger partial charge in [-0.15, -0.1) is 24.0 Å². The molecule has 1 rings (SSSR count). The zero-order valence-electron chi connectivity index (χ0n) is 15.5. The van der Waals surface area contributed by atoms with Crippen molar-refractivity contribution in [1.82, 2.24) is 10.6 Å². The van der Waals surface area contributed by atoms with Crippen molar-refractivity contribution in [3.63, 3.8) is 0 Å². The number of rotatable bonds is 12. The zero-order chi connectivity index (χ0) is 17.5. The number of nitrogens with zero attached hydrogens (tertiary/aromatic N) is 1. The highest BCUT2D eigenvalue weighted by Gasteiger charge is 1.99. The van der Waals surface area contributed by atoms with E-state index in [0.717, 1.165) is 50.0 Å². The maximum atomic E-state index is 5.55. The Labute approximate surface area is 168 Å². The highest BCUT2D eigenvalue weighted by molar-refractivity contribution is 14.0. The van der Waals surface area contributed by atoms with Gasteiger partial charge >= 0.3 is 0 Å². The Balaban J connectivity index is 0.00000576. The quantitative estimate of drug-likeness (QED) is 0.215. The van der Waals surface area contributed by atoms with Crippen LogP contribution in [0.25, 0.3) is 0 Å². The molecule has 0 heterocycles. The minimum Gasteiger partial charge on any atom is -0.491 e. The first-order chi connectivity index (χ1) is 11.8. The van der Waals surface area contributed by atoms with Crippen LogP contribution in [-0.4, -0.2) is 52.6 Å². The van der Waals surface area contributed by atoms with E-state index in [0.29, 0.717) is 19.8 Å². The van der Waals surface area contributed by atoms with Gasteiger partial charge in [0.2, 0.25) is 0 Å². The summed E-state index contributed by atoms with van der Waals surface area (Å²) in [6.45, 7) is 9.06. The smallest absolute Gasteiger partial charge is 0.191 e. The highest BCUT2D eigenvalue weighted by atomic mass is 127. The first-order valence-corrected chi connectivity index (χ1v) is 8.60. The minimum absolute atomic E-state index is 0. The fourth-order valence-corrected chi connectivity index (χ4v) is 1.97. The summed E-state index contributed by atoms with van der Waals surface area (Å²) < 4.78 is 15.8. The van der Waals surface area contributed by atoms with E-state index in [9.17, 15) is 0 Å². The largest absolute Gasteiger partial charge is 0.491 e. The number of nitrogens with one attached hydrogen (secondary N) is 2. The predicted molar refractivity (Wildman–Crippen MR) is 113 cm³/mol. The second kappa shape index (κ2) is 16.4. The Morgan fingerprint density at radius 3 is 2.44 bits per heavy atom. The van der Waals surface area contributed by atoms with Gasteiger partial charge in [0.15, 0.2) is 5.96 Å². The molecule has 25 heavy (non-hydrogen) atoms. The summed E-state index contributed by atoms with van der Waals surface area (Å²) >= 11 is 0. The molecule has 0 aliphatic carbocycles. The molecule has 0 saturated heterocycles. The van der Waals surface area contributed by atoms with Crippen molar-refractivity contribution in [1.29, 1.82) is 0 Å². The van der Waals surface area contributed by atoms with Crippen LogP contribution < -0.4 is 15.4 Å². The SMILES string of the molecule is CCNC(=NCc1ccc(OCCOC)cc1)NCCCOCC.I. The maximum absolute atomic E-state index is 5.55. The molecule has 0 unspecified atom stereocenters. The van der Waals surface area contributed by atoms with Crippen molar-refractivity contribution in [2.24, 2.45) is 4.99 Å². The van der Waals surface area contributed by atoms with E-state index in [1.165, 1.54) is 0 Å². The van der Waals surface area contributed by atoms with Crippen LogP contribution in [0.15, 0.2) is 29.3 Å². The normalized spacial score (nSPS) is 10.9. The van der Waals surface area contributed by atoms with Gasteiger partial charge in [-0.2, -0.15) is 0 Å². The van der Waals surface area contributed by atoms with Crippen LogP contribution in [0.3, 0.4) is 0 Å². The Kier molecular flexibility index (Phi) is 15.7. The van der Waals surface area contributed by atoms with Crippen LogP contribution in [-0.2, 0) is 16.0 Å². The predicted octanol–water partition coefficient (Wildman–Crippen LogP) is 2.81. The molecule has 0 aliphatic heterocycles. The Bertz CT molecular complexity index is 455. The number of guanidine groups is 1. The lowest BCUT2D eigenvalue weighted by molar-refractivity contribution is 0.145. The molecular weight excluding hydrogens is 433 g/mol. The third-order valence-corrected chi connectivity index (χ3v) is 3.21. The Morgan fingerprint density at radius 1 is 1.04 bits per heavy atom. The van der Waals surface area contributed by atoms with Crippen LogP contribution >= 0.6 is 24.0 Å². The molecule has 0 fully saturated rings. The van der Waals surface area contributed by atoms with Crippen molar-refractivity contribution in [2.45, 2.75) is 26.8 Å². The van der Waals surface area contributed by atoms with Crippen LogP contribution in [0.5, 0.6) is 5.75 Å². The fraction of sp³-hybridized carbons (Fsp3) is 0.611. The number of benzene rings is 1. The van der Waals surface area contributed by atoms with E-state index in [4.69, 9.17) is 14.2 Å². The fourth-order valence-electron chi connectivity index (χ4n) is 1.97. The van der Waals surface area contributed by atoms with E-state index in [2.05, 4.69) is 22.5 Å². The van der Waals surface area contributed by atoms with Gasteiger partial charge in [0, 0.05) is 33.4 Å². The van der Waals surface area contributed by atoms with Gasteiger partial charge in [-0.1, -0.05) is 12.1 Å². The number of hydrogen-bond donors (Lipinski definition) is 2. The molecule has 0 bridgehead atoms. The Morgan fingerprint density at radius 2 is 1.80 bits per heavy atom. The van der Waals surface area contributed by atoms with Gasteiger partial charge in [0.1, 0.15) is 12.4 Å². The van der Waals surface area contributed by atoms with Crippen molar-refractivity contribution < 1.29 is 14.2 Å². The number of aliphatic imine (C=N–C) groups is 1. The van der Waals surface area contributed by atoms with Gasteiger partial charge in [0.05, 0.1) is 13.2 Å². The Hall–Kier alpha value is -1.06. The lowest BCUT2D eigenvalue weighted by Gasteiger charge is -2.11. The van der Waals surface area contributed by atoms with Crippen LogP contribution in [0.1, 0.15) is 25.8 Å². The molecule has 0 saturated carbocycles. The van der Waals surface area contributed by atoms with E-state index in [1.54, 1.807) is 7.11 Å². The molecule has 1 aromatic carbocycles. The highest BCUT2D eigenvalue weighted by Crippen LogP contribution is 2.12. The molecule has 0 atom stereocenters. The number of methoxy groups -OCH3 is 1. The molecular formula is C18H32IN3O3. The van der Waals surface area contributed by atoms with E-state index >= 15 is 0 Å². The standard InChI is InChI=1S/C18H31N3O3.HI/c1-4-19-18(20-11-6-12-23-5-2)21-15-16-7-9-17(10-8-16)24-14-13-22-3;/h7-10H,4-6,11-15H2,1-3H3,(H2,19,20,21);1H. The molecule has 1 aromatic rings. The summed E-state index contributed by atoms with van der Waals surface area (Å²) in [6.07, 6.45) is 0.964. The summed E-state index contributed by atoms with van der Waals surface area (Å²) in [5.41, 5.74) is 1.14. The number of halogens is 1. The van der Waals surface area contributed by atoms with Crippen molar-refractivity contribution in [3.8, 4) is 5.75 Å². The number of ether oxygens (including phenoxy) is 3. The van der Waals surface area contributed by atoms with E-state index in [1.807, 2.05) is 31.2 Å². The summed E-state index contributed by atoms with van der Waals surface area (Å²) in [7, 11) is 1.66. The van der Waals surface area contributed by atoms with Gasteiger partial charge in [-0.25, -0.2) is 4.99 Å². The van der Waals surface area contributed by atoms with Crippen LogP contribution in [0.4, 0.5) is 0 Å². The van der Waals surface area contributed by atoms with Crippen LogP contribution in [0, 0.1) is 0 Å². The minimum atomic E-state index is 0. The lowest BCUT2D eigenvalue weighted by atomic mass is 10.2. The summed E-state index contributed by atoms with van der Waals surface area (Å²) in [4.78, 5) is 4.60. The molecule has 0 spiro atoms. The molecule has 6 nitrogen and oxygen atoms in total. The van der Waals surface area contributed by atoms with Gasteiger partial charge < -0.3 is 24.8 Å². The average molecular weight is 465 g/mol. The van der Waals surface area contributed by atoms with Crippen molar-refractivity contribution in [2.75, 3.05) is 46.6 Å². The van der Waals surface area contributed by atoms with Crippen molar-refractivity contribution in [3.05, 3.63) is 29.8 Å². The lowest BCUT2D eigenvalue weighted by Crippen LogP contribution is -2.38. The van der Waals surface area contributed by atoms with Crippen LogP contribution in [0.2, 0.25) is 0 Å². The van der Waals surface area contributed by atoms with E-state index in [-0.39, 0.29) is 24.0 Å². The maximum Gasteiger partial charge on any atom is 0.191 e. The third-order valence-electron chi connectivity index (χ3n) is 3.21. The summed E-state index contributed by atoms with van der Waals surface area (Å²) in [5, 5.41) is 6.56. The monoisotopic (exact) mass is 465 g/mol. The topological polar surface area (TPSA) is 64.1 Å². The van der Waals surface area contributed by atoms with E-state index < -0.39 is 0 Å². The molecule has 0 aliphatic rings. The first-order valence-electron chi connectivity index (χ1n) is 8.60. The average Bonchev–Trinajstić information content (AvgIpc) is 2.60. The molecule has 0 aromatic heterocycles. The summed E-state index contributed by atoms with van der Waals surface area (Å²) in [5.74, 6) is 1.68. The second-order valence-corrected chi connectivity index (χ2v) is 5.16. The molecule has 144 valence electrons. The molecule has 2 N–H and O–H groups in total. The second-order valence-electron chi connectivity index (χ2n) is 5.16. The third kappa shape index (κ3) is 12.0. The van der Waals surface area contributed by atoms with Crippen molar-refractivity contribution >= 4 is 29.9 Å². The molecule has 0 radical (unpaired) electrons.